The molecular weight excluding hydrogens is 331 g/mol. The molecule has 0 bridgehead atoms. The van der Waals surface area contributed by atoms with Gasteiger partial charge in [0.1, 0.15) is 11.9 Å². The van der Waals surface area contributed by atoms with Crippen molar-refractivity contribution in [2.24, 2.45) is 0 Å². The number of likely N-dealkylation sites (N-methyl/N-ethyl adjacent to an activating group) is 1. The van der Waals surface area contributed by atoms with Gasteiger partial charge >= 0.3 is 0 Å². The lowest BCUT2D eigenvalue weighted by Crippen LogP contribution is -2.52. The summed E-state index contributed by atoms with van der Waals surface area (Å²) in [5.41, 5.74) is 0.845. The first-order valence-electron chi connectivity index (χ1n) is 9.70. The lowest BCUT2D eigenvalue weighted by Gasteiger charge is -2.38. The fraction of sp³-hybridized carbons (Fsp3) is 0.650. The summed E-state index contributed by atoms with van der Waals surface area (Å²) < 4.78 is 13.2. The van der Waals surface area contributed by atoms with E-state index in [1.165, 1.54) is 38.1 Å². The van der Waals surface area contributed by atoms with Crippen LogP contribution in [0, 0.1) is 5.82 Å². The van der Waals surface area contributed by atoms with Crippen molar-refractivity contribution in [1.29, 1.82) is 0 Å². The van der Waals surface area contributed by atoms with E-state index >= 15 is 0 Å². The number of amides is 1. The van der Waals surface area contributed by atoms with Crippen molar-refractivity contribution < 1.29 is 9.18 Å². The fourth-order valence-electron chi connectivity index (χ4n) is 3.96. The first-order valence-corrected chi connectivity index (χ1v) is 9.70. The van der Waals surface area contributed by atoms with Gasteiger partial charge in [-0.2, -0.15) is 0 Å². The van der Waals surface area contributed by atoms with Gasteiger partial charge in [0.25, 0.3) is 0 Å². The van der Waals surface area contributed by atoms with Gasteiger partial charge in [0.05, 0.1) is 0 Å². The largest absolute Gasteiger partial charge is 0.338 e. The van der Waals surface area contributed by atoms with Gasteiger partial charge in [0.15, 0.2) is 0 Å². The lowest BCUT2D eigenvalue weighted by molar-refractivity contribution is -0.138. The second kappa shape index (κ2) is 8.93. The zero-order valence-corrected chi connectivity index (χ0v) is 16.0. The molecule has 2 saturated heterocycles. The molecule has 0 aromatic heterocycles. The maximum atomic E-state index is 13.2. The standard InChI is InChI=1S/C20H31FN4O/c1-22(2)19(17-5-7-18(21)8-6-17)20(26)25-15-13-24(14-16-25)12-11-23-9-3-4-10-23/h5-8,19H,3-4,9-16H2,1-2H3. The van der Waals surface area contributed by atoms with Crippen LogP contribution in [0.25, 0.3) is 0 Å². The predicted octanol–water partition coefficient (Wildman–Crippen LogP) is 1.67. The third-order valence-corrected chi connectivity index (χ3v) is 5.55. The summed E-state index contributed by atoms with van der Waals surface area (Å²) in [6, 6.07) is 5.92. The molecule has 2 heterocycles. The molecule has 2 aliphatic rings. The Balaban J connectivity index is 1.53. The van der Waals surface area contributed by atoms with Gasteiger partial charge in [-0.3, -0.25) is 14.6 Å². The van der Waals surface area contributed by atoms with E-state index in [0.29, 0.717) is 0 Å². The maximum absolute atomic E-state index is 13.2. The second-order valence-electron chi connectivity index (χ2n) is 7.63. The number of likely N-dealkylation sites (tertiary alicyclic amines) is 1. The van der Waals surface area contributed by atoms with Crippen molar-refractivity contribution in [2.75, 3.05) is 66.5 Å². The number of hydrogen-bond donors (Lipinski definition) is 0. The highest BCUT2D eigenvalue weighted by atomic mass is 19.1. The van der Waals surface area contributed by atoms with Crippen LogP contribution in [0.15, 0.2) is 24.3 Å². The van der Waals surface area contributed by atoms with Crippen molar-refractivity contribution in [3.63, 3.8) is 0 Å². The van der Waals surface area contributed by atoms with Crippen LogP contribution in [0.4, 0.5) is 4.39 Å². The molecule has 144 valence electrons. The number of hydrogen-bond acceptors (Lipinski definition) is 4. The van der Waals surface area contributed by atoms with Gasteiger partial charge in [0.2, 0.25) is 5.91 Å². The molecule has 1 unspecified atom stereocenters. The normalized spacial score (nSPS) is 20.7. The van der Waals surface area contributed by atoms with Crippen LogP contribution in [-0.4, -0.2) is 92.0 Å². The van der Waals surface area contributed by atoms with E-state index in [-0.39, 0.29) is 17.8 Å². The van der Waals surface area contributed by atoms with Crippen molar-refractivity contribution in [1.82, 2.24) is 19.6 Å². The highest BCUT2D eigenvalue weighted by Gasteiger charge is 2.30. The number of nitrogens with zero attached hydrogens (tertiary/aromatic N) is 4. The smallest absolute Gasteiger partial charge is 0.244 e. The third-order valence-electron chi connectivity index (χ3n) is 5.55. The average molecular weight is 362 g/mol. The molecule has 1 amide bonds. The molecule has 2 aliphatic heterocycles. The first kappa shape index (κ1) is 19.3. The number of piperazine rings is 1. The van der Waals surface area contributed by atoms with Crippen LogP contribution in [-0.2, 0) is 4.79 Å². The van der Waals surface area contributed by atoms with Crippen LogP contribution < -0.4 is 0 Å². The fourth-order valence-corrected chi connectivity index (χ4v) is 3.96. The van der Waals surface area contributed by atoms with Gasteiger partial charge < -0.3 is 9.80 Å². The first-order chi connectivity index (χ1) is 12.5. The van der Waals surface area contributed by atoms with Crippen LogP contribution in [0.5, 0.6) is 0 Å². The minimum Gasteiger partial charge on any atom is -0.338 e. The molecule has 3 rings (SSSR count). The van der Waals surface area contributed by atoms with E-state index in [1.807, 2.05) is 23.9 Å². The highest BCUT2D eigenvalue weighted by Crippen LogP contribution is 2.22. The van der Waals surface area contributed by atoms with Crippen molar-refractivity contribution in [2.45, 2.75) is 18.9 Å². The Bertz CT molecular complexity index is 578. The van der Waals surface area contributed by atoms with Gasteiger partial charge in [-0.25, -0.2) is 4.39 Å². The van der Waals surface area contributed by atoms with E-state index in [9.17, 15) is 9.18 Å². The van der Waals surface area contributed by atoms with Gasteiger partial charge in [-0.1, -0.05) is 12.1 Å². The summed E-state index contributed by atoms with van der Waals surface area (Å²) in [4.78, 5) is 21.9. The Morgan fingerprint density at radius 1 is 0.962 bits per heavy atom. The molecule has 0 spiro atoms. The Morgan fingerprint density at radius 2 is 1.50 bits per heavy atom. The van der Waals surface area contributed by atoms with E-state index in [1.54, 1.807) is 12.1 Å². The van der Waals surface area contributed by atoms with Crippen molar-refractivity contribution in [3.05, 3.63) is 35.6 Å². The third kappa shape index (κ3) is 4.81. The summed E-state index contributed by atoms with van der Waals surface area (Å²) in [5, 5.41) is 0. The quantitative estimate of drug-likeness (QED) is 0.770. The molecule has 0 aliphatic carbocycles. The van der Waals surface area contributed by atoms with Gasteiger partial charge in [0, 0.05) is 39.3 Å². The monoisotopic (exact) mass is 362 g/mol. The summed E-state index contributed by atoms with van der Waals surface area (Å²) in [6.07, 6.45) is 2.66. The van der Waals surface area contributed by atoms with E-state index < -0.39 is 0 Å². The Hall–Kier alpha value is -1.50. The second-order valence-corrected chi connectivity index (χ2v) is 7.63. The molecule has 26 heavy (non-hydrogen) atoms. The molecule has 6 heteroatoms. The summed E-state index contributed by atoms with van der Waals surface area (Å²) in [5.74, 6) is -0.161. The molecule has 1 aromatic carbocycles. The molecule has 1 aromatic rings. The molecular formula is C20H31FN4O. The van der Waals surface area contributed by atoms with Crippen molar-refractivity contribution >= 4 is 5.91 Å². The van der Waals surface area contributed by atoms with Gasteiger partial charge in [-0.15, -0.1) is 0 Å². The maximum Gasteiger partial charge on any atom is 0.244 e. The number of carbonyl (C=O) groups excluding carboxylic acids is 1. The zero-order chi connectivity index (χ0) is 18.5. The number of benzene rings is 1. The van der Waals surface area contributed by atoms with E-state index in [0.717, 1.165) is 44.8 Å². The summed E-state index contributed by atoms with van der Waals surface area (Å²) in [6.45, 7) is 8.11. The molecule has 0 N–H and O–H groups in total. The molecule has 1 atom stereocenters. The Kier molecular flexibility index (Phi) is 6.62. The SMILES string of the molecule is CN(C)C(C(=O)N1CCN(CCN2CCCC2)CC1)c1ccc(F)cc1. The topological polar surface area (TPSA) is 30.0 Å². The van der Waals surface area contributed by atoms with Crippen molar-refractivity contribution in [3.8, 4) is 0 Å². The van der Waals surface area contributed by atoms with E-state index in [4.69, 9.17) is 0 Å². The number of rotatable bonds is 6. The Morgan fingerprint density at radius 3 is 2.04 bits per heavy atom. The van der Waals surface area contributed by atoms with E-state index in [2.05, 4.69) is 9.80 Å². The minimum atomic E-state index is -0.355. The zero-order valence-electron chi connectivity index (χ0n) is 16.0. The predicted molar refractivity (Wildman–Crippen MR) is 102 cm³/mol. The summed E-state index contributed by atoms with van der Waals surface area (Å²) in [7, 11) is 3.80. The average Bonchev–Trinajstić information content (AvgIpc) is 3.15. The van der Waals surface area contributed by atoms with Crippen LogP contribution in [0.3, 0.4) is 0 Å². The lowest BCUT2D eigenvalue weighted by atomic mass is 10.0. The number of carbonyl (C=O) groups is 1. The van der Waals surface area contributed by atoms with Crippen LogP contribution in [0.1, 0.15) is 24.4 Å². The Labute approximate surface area is 156 Å². The van der Waals surface area contributed by atoms with Gasteiger partial charge in [-0.05, 0) is 57.7 Å². The molecule has 5 nitrogen and oxygen atoms in total. The molecule has 2 fully saturated rings. The van der Waals surface area contributed by atoms with Crippen LogP contribution in [0.2, 0.25) is 0 Å². The highest BCUT2D eigenvalue weighted by molar-refractivity contribution is 5.83. The molecule has 0 radical (unpaired) electrons. The summed E-state index contributed by atoms with van der Waals surface area (Å²) >= 11 is 0. The number of halogens is 1. The minimum absolute atomic E-state index is 0.112. The molecule has 0 saturated carbocycles. The van der Waals surface area contributed by atoms with Crippen LogP contribution >= 0.6 is 0 Å².